The van der Waals surface area contributed by atoms with Crippen molar-refractivity contribution in [1.29, 1.82) is 0 Å². The van der Waals surface area contributed by atoms with Crippen LogP contribution < -0.4 is 10.2 Å². The lowest BCUT2D eigenvalue weighted by atomic mass is 9.90. The third-order valence-corrected chi connectivity index (χ3v) is 4.97. The minimum absolute atomic E-state index is 0.114. The Morgan fingerprint density at radius 1 is 0.897 bits per heavy atom. The Labute approximate surface area is 169 Å². The van der Waals surface area contributed by atoms with Crippen LogP contribution in [0.15, 0.2) is 91.0 Å². The molecule has 1 N–H and O–H groups in total. The molecule has 1 saturated heterocycles. The van der Waals surface area contributed by atoms with Crippen molar-refractivity contribution in [3.05, 3.63) is 102 Å². The molecular weight excluding hydrogens is 364 g/mol. The molecule has 0 spiro atoms. The Morgan fingerprint density at radius 3 is 1.97 bits per heavy atom. The van der Waals surface area contributed by atoms with Crippen molar-refractivity contribution < 1.29 is 14.3 Å². The summed E-state index contributed by atoms with van der Waals surface area (Å²) >= 11 is 0. The van der Waals surface area contributed by atoms with Gasteiger partial charge in [0, 0.05) is 5.69 Å². The predicted molar refractivity (Wildman–Crippen MR) is 112 cm³/mol. The van der Waals surface area contributed by atoms with Gasteiger partial charge in [-0.3, -0.25) is 9.69 Å². The molecule has 4 rings (SSSR count). The normalized spacial score (nSPS) is 16.0. The lowest BCUT2D eigenvalue weighted by molar-refractivity contribution is -0.122. The molecule has 3 aromatic carbocycles. The van der Waals surface area contributed by atoms with Gasteiger partial charge in [0.2, 0.25) is 5.91 Å². The number of amides is 2. The highest BCUT2D eigenvalue weighted by Crippen LogP contribution is 2.25. The largest absolute Gasteiger partial charge is 0.442 e. The molecular formula is C24H22N2O3. The molecule has 1 aliphatic heterocycles. The number of nitrogens with zero attached hydrogens (tertiary/aromatic N) is 1. The van der Waals surface area contributed by atoms with Crippen molar-refractivity contribution in [3.63, 3.8) is 0 Å². The topological polar surface area (TPSA) is 58.6 Å². The Bertz CT molecular complexity index is 922. The number of cyclic esters (lactones) is 1. The van der Waals surface area contributed by atoms with E-state index in [0.29, 0.717) is 6.54 Å². The van der Waals surface area contributed by atoms with Crippen LogP contribution in [0.1, 0.15) is 17.0 Å². The van der Waals surface area contributed by atoms with Crippen LogP contribution in [-0.2, 0) is 9.53 Å². The second kappa shape index (κ2) is 8.61. The number of hydrogen-bond donors (Lipinski definition) is 1. The summed E-state index contributed by atoms with van der Waals surface area (Å²) in [5.41, 5.74) is 2.63. The molecule has 29 heavy (non-hydrogen) atoms. The van der Waals surface area contributed by atoms with Gasteiger partial charge >= 0.3 is 6.09 Å². The molecule has 1 atom stereocenters. The molecule has 5 nitrogen and oxygen atoms in total. The van der Waals surface area contributed by atoms with Gasteiger partial charge in [0.05, 0.1) is 19.0 Å². The highest BCUT2D eigenvalue weighted by atomic mass is 16.6. The van der Waals surface area contributed by atoms with Crippen molar-refractivity contribution in [2.24, 2.45) is 0 Å². The number of para-hydroxylation sites is 1. The molecule has 2 amide bonds. The predicted octanol–water partition coefficient (Wildman–Crippen LogP) is 3.96. The summed E-state index contributed by atoms with van der Waals surface area (Å²) < 4.78 is 5.44. The molecule has 1 aliphatic rings. The standard InChI is InChI=1S/C24H22N2O3/c27-23(22(18-10-4-1-5-11-18)19-12-6-2-7-13-19)25-16-21-17-26(24(28)29-21)20-14-8-3-9-15-20/h1-15,21-22H,16-17H2,(H,25,27). The van der Waals surface area contributed by atoms with Gasteiger partial charge in [0.1, 0.15) is 6.10 Å². The maximum absolute atomic E-state index is 13.1. The summed E-state index contributed by atoms with van der Waals surface area (Å²) in [6.07, 6.45) is -0.781. The second-order valence-electron chi connectivity index (χ2n) is 6.95. The molecule has 1 heterocycles. The first kappa shape index (κ1) is 18.7. The average molecular weight is 386 g/mol. The van der Waals surface area contributed by atoms with Crippen molar-refractivity contribution in [3.8, 4) is 0 Å². The molecule has 0 radical (unpaired) electrons. The van der Waals surface area contributed by atoms with Crippen LogP contribution in [0.25, 0.3) is 0 Å². The summed E-state index contributed by atoms with van der Waals surface area (Å²) in [6.45, 7) is 0.675. The highest BCUT2D eigenvalue weighted by Gasteiger charge is 2.33. The molecule has 146 valence electrons. The Kier molecular flexibility index (Phi) is 5.56. The lowest BCUT2D eigenvalue weighted by Crippen LogP contribution is -2.37. The monoisotopic (exact) mass is 386 g/mol. The summed E-state index contributed by atoms with van der Waals surface area (Å²) in [6, 6.07) is 28.7. The number of carbonyl (C=O) groups is 2. The molecule has 1 unspecified atom stereocenters. The van der Waals surface area contributed by atoms with E-state index in [0.717, 1.165) is 16.8 Å². The van der Waals surface area contributed by atoms with Crippen LogP contribution in [0.4, 0.5) is 10.5 Å². The van der Waals surface area contributed by atoms with Gasteiger partial charge in [-0.05, 0) is 23.3 Å². The van der Waals surface area contributed by atoms with E-state index >= 15 is 0 Å². The van der Waals surface area contributed by atoms with Gasteiger partial charge in [0.25, 0.3) is 0 Å². The lowest BCUT2D eigenvalue weighted by Gasteiger charge is -2.19. The van der Waals surface area contributed by atoms with E-state index in [1.165, 1.54) is 0 Å². The fourth-order valence-corrected chi connectivity index (χ4v) is 3.55. The van der Waals surface area contributed by atoms with E-state index in [-0.39, 0.29) is 18.6 Å². The molecule has 1 fully saturated rings. The number of anilines is 1. The van der Waals surface area contributed by atoms with Gasteiger partial charge in [-0.1, -0.05) is 78.9 Å². The summed E-state index contributed by atoms with van der Waals surface area (Å²) in [5.74, 6) is -0.531. The van der Waals surface area contributed by atoms with Crippen LogP contribution in [0.2, 0.25) is 0 Å². The maximum Gasteiger partial charge on any atom is 0.414 e. The molecule has 0 saturated carbocycles. The second-order valence-corrected chi connectivity index (χ2v) is 6.95. The van der Waals surface area contributed by atoms with Crippen molar-refractivity contribution >= 4 is 17.7 Å². The van der Waals surface area contributed by atoms with E-state index in [1.807, 2.05) is 91.0 Å². The first-order valence-corrected chi connectivity index (χ1v) is 9.63. The number of carbonyl (C=O) groups excluding carboxylic acids is 2. The zero-order valence-electron chi connectivity index (χ0n) is 15.9. The quantitative estimate of drug-likeness (QED) is 0.698. The third kappa shape index (κ3) is 4.29. The van der Waals surface area contributed by atoms with E-state index in [9.17, 15) is 9.59 Å². The fraction of sp³-hybridized carbons (Fsp3) is 0.167. The van der Waals surface area contributed by atoms with Crippen LogP contribution in [-0.4, -0.2) is 31.2 Å². The third-order valence-electron chi connectivity index (χ3n) is 4.97. The van der Waals surface area contributed by atoms with E-state index < -0.39 is 12.0 Å². The van der Waals surface area contributed by atoms with E-state index in [1.54, 1.807) is 4.90 Å². The van der Waals surface area contributed by atoms with Gasteiger partial charge in [-0.15, -0.1) is 0 Å². The van der Waals surface area contributed by atoms with E-state index in [2.05, 4.69) is 5.32 Å². The first-order valence-electron chi connectivity index (χ1n) is 9.63. The van der Waals surface area contributed by atoms with Gasteiger partial charge in [0.15, 0.2) is 0 Å². The van der Waals surface area contributed by atoms with Crippen LogP contribution >= 0.6 is 0 Å². The van der Waals surface area contributed by atoms with Gasteiger partial charge in [-0.25, -0.2) is 4.79 Å². The minimum Gasteiger partial charge on any atom is -0.442 e. The summed E-state index contributed by atoms with van der Waals surface area (Å²) in [5, 5.41) is 2.97. The summed E-state index contributed by atoms with van der Waals surface area (Å²) in [7, 11) is 0. The number of hydrogen-bond acceptors (Lipinski definition) is 3. The zero-order valence-corrected chi connectivity index (χ0v) is 15.9. The van der Waals surface area contributed by atoms with Crippen molar-refractivity contribution in [2.45, 2.75) is 12.0 Å². The van der Waals surface area contributed by atoms with Crippen LogP contribution in [0, 0.1) is 0 Å². The molecule has 3 aromatic rings. The number of rotatable bonds is 6. The first-order chi connectivity index (χ1) is 14.2. The number of benzene rings is 3. The smallest absolute Gasteiger partial charge is 0.414 e. The maximum atomic E-state index is 13.1. The molecule has 5 heteroatoms. The van der Waals surface area contributed by atoms with Crippen molar-refractivity contribution in [1.82, 2.24) is 5.32 Å². The SMILES string of the molecule is O=C(NCC1CN(c2ccccc2)C(=O)O1)C(c1ccccc1)c1ccccc1. The van der Waals surface area contributed by atoms with Crippen molar-refractivity contribution in [2.75, 3.05) is 18.0 Å². The number of nitrogens with one attached hydrogen (secondary N) is 1. The Hall–Kier alpha value is -3.60. The minimum atomic E-state index is -0.417. The molecule has 0 aliphatic carbocycles. The van der Waals surface area contributed by atoms with Crippen LogP contribution in [0.3, 0.4) is 0 Å². The average Bonchev–Trinajstić information content (AvgIpc) is 3.15. The van der Waals surface area contributed by atoms with E-state index in [4.69, 9.17) is 4.74 Å². The van der Waals surface area contributed by atoms with Gasteiger partial charge < -0.3 is 10.1 Å². The summed E-state index contributed by atoms with van der Waals surface area (Å²) in [4.78, 5) is 26.9. The molecule has 0 bridgehead atoms. The number of ether oxygens (including phenoxy) is 1. The molecule has 0 aromatic heterocycles. The Morgan fingerprint density at radius 2 is 1.41 bits per heavy atom. The fourth-order valence-electron chi connectivity index (χ4n) is 3.55. The highest BCUT2D eigenvalue weighted by molar-refractivity contribution is 5.90. The van der Waals surface area contributed by atoms with Crippen LogP contribution in [0.5, 0.6) is 0 Å². The Balaban J connectivity index is 1.44. The zero-order chi connectivity index (χ0) is 20.1. The van der Waals surface area contributed by atoms with Gasteiger partial charge in [-0.2, -0.15) is 0 Å².